The van der Waals surface area contributed by atoms with E-state index < -0.39 is 10.0 Å². The van der Waals surface area contributed by atoms with Gasteiger partial charge in [0, 0.05) is 0 Å². The summed E-state index contributed by atoms with van der Waals surface area (Å²) in [6.45, 7) is 1.83. The second-order valence-electron chi connectivity index (χ2n) is 2.98. The molecule has 1 aromatic rings. The zero-order valence-corrected chi connectivity index (χ0v) is 10.8. The number of rotatable bonds is 3. The third-order valence-corrected chi connectivity index (χ3v) is 3.60. The van der Waals surface area contributed by atoms with Crippen molar-refractivity contribution in [2.45, 2.75) is 18.2 Å². The van der Waals surface area contributed by atoms with Crippen LogP contribution in [0.15, 0.2) is 22.0 Å². The van der Waals surface area contributed by atoms with Crippen LogP contribution >= 0.6 is 23.8 Å². The second-order valence-corrected chi connectivity index (χ2v) is 5.07. The molecule has 1 rings (SSSR count). The number of nitrogens with two attached hydrogens (primary N) is 1. The molecule has 0 saturated carbocycles. The number of halogens is 1. The molecule has 7 heteroatoms. The van der Waals surface area contributed by atoms with Crippen molar-refractivity contribution in [2.24, 2.45) is 10.1 Å². The Morgan fingerprint density at radius 2 is 2.19 bits per heavy atom. The Balaban J connectivity index is 3.58. The number of thiocarbonyl (C=S) groups is 1. The summed E-state index contributed by atoms with van der Waals surface area (Å²) in [4.78, 5) is 3.70. The van der Waals surface area contributed by atoms with Crippen LogP contribution in [0.25, 0.3) is 0 Å². The maximum Gasteiger partial charge on any atom is 0.239 e. The molecule has 4 nitrogen and oxygen atoms in total. The van der Waals surface area contributed by atoms with Crippen LogP contribution in [0.5, 0.6) is 0 Å². The molecule has 0 radical (unpaired) electrons. The Hall–Kier alpha value is -0.780. The molecule has 0 heterocycles. The first-order valence-electron chi connectivity index (χ1n) is 4.33. The van der Waals surface area contributed by atoms with E-state index in [4.69, 9.17) is 16.7 Å². The molecule has 0 unspecified atom stereocenters. The zero-order valence-electron chi connectivity index (χ0n) is 8.40. The van der Waals surface area contributed by atoms with Crippen molar-refractivity contribution in [1.29, 1.82) is 0 Å². The molecular formula is C9H9ClN2O2S2. The highest BCUT2D eigenvalue weighted by Crippen LogP contribution is 2.32. The van der Waals surface area contributed by atoms with E-state index >= 15 is 0 Å². The van der Waals surface area contributed by atoms with Crippen LogP contribution in [0, 0.1) is 0 Å². The maximum absolute atomic E-state index is 11.2. The minimum Gasteiger partial charge on any atom is -0.225 e. The smallest absolute Gasteiger partial charge is 0.225 e. The van der Waals surface area contributed by atoms with Gasteiger partial charge < -0.3 is 0 Å². The van der Waals surface area contributed by atoms with Crippen molar-refractivity contribution in [3.63, 3.8) is 0 Å². The fourth-order valence-electron chi connectivity index (χ4n) is 1.30. The molecule has 0 saturated heterocycles. The summed E-state index contributed by atoms with van der Waals surface area (Å²) in [5, 5.41) is 7.33. The third-order valence-electron chi connectivity index (χ3n) is 2.01. The SMILES string of the molecule is CCc1c(N=C=S)ccc(S(N)(=O)=O)c1Cl. The molecule has 0 bridgehead atoms. The Bertz CT molecular complexity index is 563. The first-order valence-corrected chi connectivity index (χ1v) is 6.67. The van der Waals surface area contributed by atoms with Crippen LogP contribution < -0.4 is 5.14 Å². The summed E-state index contributed by atoms with van der Waals surface area (Å²) in [7, 11) is -3.82. The van der Waals surface area contributed by atoms with Gasteiger partial charge in [-0.2, -0.15) is 4.99 Å². The number of sulfonamides is 1. The predicted octanol–water partition coefficient (Wildman–Crippen LogP) is 2.28. The van der Waals surface area contributed by atoms with Crippen molar-refractivity contribution in [1.82, 2.24) is 0 Å². The number of nitrogens with zero attached hydrogens (tertiary/aromatic N) is 1. The number of primary sulfonamides is 1. The minimum atomic E-state index is -3.82. The monoisotopic (exact) mass is 276 g/mol. The van der Waals surface area contributed by atoms with E-state index in [9.17, 15) is 8.42 Å². The van der Waals surface area contributed by atoms with Gasteiger partial charge in [-0.25, -0.2) is 13.6 Å². The molecule has 0 aliphatic heterocycles. The minimum absolute atomic E-state index is 0.0940. The number of hydrogen-bond acceptors (Lipinski definition) is 4. The lowest BCUT2D eigenvalue weighted by Gasteiger charge is -2.08. The molecule has 0 fully saturated rings. The summed E-state index contributed by atoms with van der Waals surface area (Å²) in [5.74, 6) is 0. The fraction of sp³-hybridized carbons (Fsp3) is 0.222. The Kier molecular flexibility index (Phi) is 4.18. The number of hydrogen-bond donors (Lipinski definition) is 1. The summed E-state index contributed by atoms with van der Waals surface area (Å²) in [6.07, 6.45) is 0.526. The van der Waals surface area contributed by atoms with Gasteiger partial charge in [0.15, 0.2) is 0 Å². The van der Waals surface area contributed by atoms with E-state index in [1.54, 1.807) is 0 Å². The van der Waals surface area contributed by atoms with Crippen LogP contribution in [-0.2, 0) is 16.4 Å². The van der Waals surface area contributed by atoms with E-state index in [1.807, 2.05) is 6.92 Å². The summed E-state index contributed by atoms with van der Waals surface area (Å²) in [6, 6.07) is 2.81. The number of benzene rings is 1. The topological polar surface area (TPSA) is 72.5 Å². The van der Waals surface area contributed by atoms with Gasteiger partial charge in [0.25, 0.3) is 0 Å². The molecule has 0 spiro atoms. The lowest BCUT2D eigenvalue weighted by molar-refractivity contribution is 0.597. The van der Waals surface area contributed by atoms with Gasteiger partial charge in [-0.15, -0.1) is 0 Å². The summed E-state index contributed by atoms with van der Waals surface area (Å²) >= 11 is 10.4. The maximum atomic E-state index is 11.2. The second kappa shape index (κ2) is 5.03. The normalized spacial score (nSPS) is 10.9. The van der Waals surface area contributed by atoms with E-state index in [-0.39, 0.29) is 9.92 Å². The van der Waals surface area contributed by atoms with Crippen LogP contribution in [0.4, 0.5) is 5.69 Å². The molecule has 0 aliphatic carbocycles. The average Bonchev–Trinajstić information content (AvgIpc) is 2.16. The van der Waals surface area contributed by atoms with Gasteiger partial charge in [-0.1, -0.05) is 18.5 Å². The summed E-state index contributed by atoms with van der Waals surface area (Å²) < 4.78 is 22.4. The molecular weight excluding hydrogens is 268 g/mol. The first-order chi connectivity index (χ1) is 7.41. The Morgan fingerprint density at radius 3 is 2.62 bits per heavy atom. The Labute approximate surface area is 104 Å². The fourth-order valence-corrected chi connectivity index (χ4v) is 2.64. The molecule has 2 N–H and O–H groups in total. The zero-order chi connectivity index (χ0) is 12.3. The quantitative estimate of drug-likeness (QED) is 0.680. The highest BCUT2D eigenvalue weighted by atomic mass is 35.5. The van der Waals surface area contributed by atoms with E-state index in [2.05, 4.69) is 22.4 Å². The standard InChI is InChI=1S/C9H9ClN2O2S2/c1-2-6-7(12-5-15)3-4-8(9(6)10)16(11,13)14/h3-4H,2H2,1H3,(H2,11,13,14). The van der Waals surface area contributed by atoms with Gasteiger partial charge in [0.05, 0.1) is 15.9 Å². The van der Waals surface area contributed by atoms with Gasteiger partial charge >= 0.3 is 0 Å². The van der Waals surface area contributed by atoms with Crippen LogP contribution in [0.1, 0.15) is 12.5 Å². The molecule has 1 aromatic carbocycles. The molecule has 16 heavy (non-hydrogen) atoms. The average molecular weight is 277 g/mol. The largest absolute Gasteiger partial charge is 0.239 e. The van der Waals surface area contributed by atoms with Crippen LogP contribution in [0.2, 0.25) is 5.02 Å². The molecule has 0 aromatic heterocycles. The van der Waals surface area contributed by atoms with Crippen molar-refractivity contribution in [3.8, 4) is 0 Å². The van der Waals surface area contributed by atoms with Crippen LogP contribution in [0.3, 0.4) is 0 Å². The van der Waals surface area contributed by atoms with Gasteiger partial charge in [0.1, 0.15) is 4.90 Å². The van der Waals surface area contributed by atoms with Crippen molar-refractivity contribution >= 4 is 44.7 Å². The highest BCUT2D eigenvalue weighted by molar-refractivity contribution is 7.89. The molecule has 0 aliphatic rings. The first kappa shape index (κ1) is 13.3. The predicted molar refractivity (Wildman–Crippen MR) is 66.9 cm³/mol. The van der Waals surface area contributed by atoms with Gasteiger partial charge in [0.2, 0.25) is 10.0 Å². The van der Waals surface area contributed by atoms with Crippen molar-refractivity contribution < 1.29 is 8.42 Å². The number of isothiocyanates is 1. The Morgan fingerprint density at radius 1 is 1.56 bits per heavy atom. The summed E-state index contributed by atoms with van der Waals surface area (Å²) in [5.41, 5.74) is 1.10. The van der Waals surface area contributed by atoms with Crippen molar-refractivity contribution in [2.75, 3.05) is 0 Å². The third kappa shape index (κ3) is 2.66. The lowest BCUT2D eigenvalue weighted by Crippen LogP contribution is -2.13. The highest BCUT2D eigenvalue weighted by Gasteiger charge is 2.17. The van der Waals surface area contributed by atoms with Gasteiger partial charge in [-0.05, 0) is 36.3 Å². The molecule has 0 amide bonds. The van der Waals surface area contributed by atoms with Crippen molar-refractivity contribution in [3.05, 3.63) is 22.7 Å². The number of aliphatic imine (C=N–C) groups is 1. The van der Waals surface area contributed by atoms with Crippen LogP contribution in [-0.4, -0.2) is 13.6 Å². The molecule has 86 valence electrons. The lowest BCUT2D eigenvalue weighted by atomic mass is 10.1. The van der Waals surface area contributed by atoms with E-state index in [1.165, 1.54) is 12.1 Å². The molecule has 0 atom stereocenters. The van der Waals surface area contributed by atoms with E-state index in [0.717, 1.165) is 0 Å². The van der Waals surface area contributed by atoms with Gasteiger partial charge in [-0.3, -0.25) is 0 Å². The van der Waals surface area contributed by atoms with E-state index in [0.29, 0.717) is 17.7 Å².